The SMILES string of the molecule is CN(c1ccc(NCc2cc3cc4c(cc3[nH]c2=O)CCC4)cc1)C1CCCCC1.Cl. The van der Waals surface area contributed by atoms with Crippen LogP contribution in [0.25, 0.3) is 10.9 Å². The van der Waals surface area contributed by atoms with Crippen LogP contribution in [0.15, 0.2) is 47.3 Å². The summed E-state index contributed by atoms with van der Waals surface area (Å²) in [6.07, 6.45) is 10.2. The Balaban J connectivity index is 0.00000231. The van der Waals surface area contributed by atoms with E-state index in [9.17, 15) is 4.79 Å². The standard InChI is InChI=1S/C26H31N3O.ClH/c1-29(23-8-3-2-4-9-23)24-12-10-22(11-13-24)27-17-21-15-20-14-18-6-5-7-19(18)16-25(20)28-26(21)30;/h10-16,23,27H,2-9,17H2,1H3,(H,28,30);1H. The summed E-state index contributed by atoms with van der Waals surface area (Å²) in [6, 6.07) is 15.7. The maximum atomic E-state index is 12.6. The fourth-order valence-corrected chi connectivity index (χ4v) is 5.15. The molecule has 2 aliphatic carbocycles. The lowest BCUT2D eigenvalue weighted by atomic mass is 9.94. The molecular weight excluding hydrogens is 406 g/mol. The number of H-pyrrole nitrogens is 1. The smallest absolute Gasteiger partial charge is 0.253 e. The summed E-state index contributed by atoms with van der Waals surface area (Å²) < 4.78 is 0. The highest BCUT2D eigenvalue weighted by Crippen LogP contribution is 2.28. The van der Waals surface area contributed by atoms with E-state index in [0.29, 0.717) is 12.6 Å². The number of hydrogen-bond acceptors (Lipinski definition) is 3. The minimum absolute atomic E-state index is 0. The van der Waals surface area contributed by atoms with Gasteiger partial charge in [0.15, 0.2) is 0 Å². The lowest BCUT2D eigenvalue weighted by Crippen LogP contribution is -2.33. The van der Waals surface area contributed by atoms with Crippen LogP contribution in [-0.2, 0) is 19.4 Å². The van der Waals surface area contributed by atoms with Crippen molar-refractivity contribution in [2.75, 3.05) is 17.3 Å². The highest BCUT2D eigenvalue weighted by Gasteiger charge is 2.18. The van der Waals surface area contributed by atoms with Crippen LogP contribution >= 0.6 is 12.4 Å². The fraction of sp³-hybridized carbons (Fsp3) is 0.423. The third-order valence-electron chi connectivity index (χ3n) is 7.01. The van der Waals surface area contributed by atoms with E-state index in [2.05, 4.69) is 58.6 Å². The van der Waals surface area contributed by atoms with Crippen LogP contribution in [0.3, 0.4) is 0 Å². The van der Waals surface area contributed by atoms with Crippen LogP contribution in [0.5, 0.6) is 0 Å². The molecular formula is C26H32ClN3O. The van der Waals surface area contributed by atoms with E-state index < -0.39 is 0 Å². The van der Waals surface area contributed by atoms with E-state index in [1.54, 1.807) is 0 Å². The molecule has 0 atom stereocenters. The normalized spacial score (nSPS) is 16.0. The zero-order chi connectivity index (χ0) is 20.5. The summed E-state index contributed by atoms with van der Waals surface area (Å²) in [7, 11) is 2.21. The Labute approximate surface area is 190 Å². The van der Waals surface area contributed by atoms with Gasteiger partial charge < -0.3 is 15.2 Å². The molecule has 1 saturated carbocycles. The first-order valence-electron chi connectivity index (χ1n) is 11.4. The number of benzene rings is 2. The third kappa shape index (κ3) is 4.59. The number of aromatic nitrogens is 1. The van der Waals surface area contributed by atoms with Crippen LogP contribution in [0.4, 0.5) is 11.4 Å². The van der Waals surface area contributed by atoms with Gasteiger partial charge in [-0.25, -0.2) is 0 Å². The molecule has 1 aromatic heterocycles. The lowest BCUT2D eigenvalue weighted by molar-refractivity contribution is 0.427. The van der Waals surface area contributed by atoms with Crippen molar-refractivity contribution in [3.05, 3.63) is 69.5 Å². The third-order valence-corrected chi connectivity index (χ3v) is 7.01. The van der Waals surface area contributed by atoms with Crippen LogP contribution in [-0.4, -0.2) is 18.1 Å². The monoisotopic (exact) mass is 437 g/mol. The Morgan fingerprint density at radius 3 is 2.42 bits per heavy atom. The molecule has 2 aromatic carbocycles. The van der Waals surface area contributed by atoms with Crippen LogP contribution < -0.4 is 15.8 Å². The van der Waals surface area contributed by atoms with Crippen molar-refractivity contribution >= 4 is 34.7 Å². The average molecular weight is 438 g/mol. The van der Waals surface area contributed by atoms with Gasteiger partial charge in [-0.1, -0.05) is 19.3 Å². The van der Waals surface area contributed by atoms with Gasteiger partial charge in [0.1, 0.15) is 0 Å². The first-order chi connectivity index (χ1) is 14.7. The van der Waals surface area contributed by atoms with E-state index >= 15 is 0 Å². The molecule has 1 heterocycles. The molecule has 0 bridgehead atoms. The summed E-state index contributed by atoms with van der Waals surface area (Å²) in [6.45, 7) is 0.528. The summed E-state index contributed by atoms with van der Waals surface area (Å²) in [4.78, 5) is 18.1. The van der Waals surface area contributed by atoms with Crippen molar-refractivity contribution < 1.29 is 0 Å². The molecule has 0 spiro atoms. The van der Waals surface area contributed by atoms with Crippen molar-refractivity contribution in [1.29, 1.82) is 0 Å². The Morgan fingerprint density at radius 1 is 0.968 bits per heavy atom. The van der Waals surface area contributed by atoms with Gasteiger partial charge in [-0.3, -0.25) is 4.79 Å². The first-order valence-corrected chi connectivity index (χ1v) is 11.4. The lowest BCUT2D eigenvalue weighted by Gasteiger charge is -2.33. The van der Waals surface area contributed by atoms with Gasteiger partial charge in [0.05, 0.1) is 0 Å². The predicted molar refractivity (Wildman–Crippen MR) is 133 cm³/mol. The maximum absolute atomic E-state index is 12.6. The second kappa shape index (κ2) is 9.35. The van der Waals surface area contributed by atoms with E-state index in [1.165, 1.54) is 55.3 Å². The molecule has 0 radical (unpaired) electrons. The second-order valence-corrected chi connectivity index (χ2v) is 8.99. The van der Waals surface area contributed by atoms with Crippen LogP contribution in [0.2, 0.25) is 0 Å². The molecule has 2 aliphatic rings. The van der Waals surface area contributed by atoms with Gasteiger partial charge in [-0.05, 0) is 91.1 Å². The Kier molecular flexibility index (Phi) is 6.57. The Hall–Kier alpha value is -2.46. The number of aryl methyl sites for hydroxylation is 2. The van der Waals surface area contributed by atoms with Gasteiger partial charge in [0.2, 0.25) is 0 Å². The summed E-state index contributed by atoms with van der Waals surface area (Å²) in [5, 5.41) is 4.56. The van der Waals surface area contributed by atoms with E-state index in [0.717, 1.165) is 35.0 Å². The van der Waals surface area contributed by atoms with Crippen molar-refractivity contribution in [2.24, 2.45) is 0 Å². The molecule has 31 heavy (non-hydrogen) atoms. The minimum Gasteiger partial charge on any atom is -0.381 e. The summed E-state index contributed by atoms with van der Waals surface area (Å²) >= 11 is 0. The Bertz CT molecular complexity index is 1100. The van der Waals surface area contributed by atoms with Gasteiger partial charge in [0.25, 0.3) is 5.56 Å². The molecule has 0 aliphatic heterocycles. The van der Waals surface area contributed by atoms with Gasteiger partial charge in [0, 0.05) is 42.1 Å². The minimum atomic E-state index is 0. The molecule has 3 aromatic rings. The van der Waals surface area contributed by atoms with Crippen molar-refractivity contribution in [1.82, 2.24) is 4.98 Å². The van der Waals surface area contributed by atoms with E-state index in [-0.39, 0.29) is 18.0 Å². The number of nitrogens with one attached hydrogen (secondary N) is 2. The number of pyridine rings is 1. The van der Waals surface area contributed by atoms with Crippen molar-refractivity contribution in [2.45, 2.75) is 64.0 Å². The topological polar surface area (TPSA) is 48.1 Å². The van der Waals surface area contributed by atoms with Crippen LogP contribution in [0.1, 0.15) is 55.2 Å². The molecule has 0 amide bonds. The second-order valence-electron chi connectivity index (χ2n) is 8.99. The van der Waals surface area contributed by atoms with Gasteiger partial charge in [-0.15, -0.1) is 12.4 Å². The zero-order valence-electron chi connectivity index (χ0n) is 18.2. The number of nitrogens with zero attached hydrogens (tertiary/aromatic N) is 1. The molecule has 5 heteroatoms. The molecule has 4 nitrogen and oxygen atoms in total. The van der Waals surface area contributed by atoms with Crippen molar-refractivity contribution in [3.8, 4) is 0 Å². The number of fused-ring (bicyclic) bond motifs is 2. The highest BCUT2D eigenvalue weighted by atomic mass is 35.5. The molecule has 5 rings (SSSR count). The predicted octanol–water partition coefficient (Wildman–Crippen LogP) is 5.82. The van der Waals surface area contributed by atoms with Crippen LogP contribution in [0, 0.1) is 0 Å². The number of rotatable bonds is 5. The number of anilines is 2. The number of aromatic amines is 1. The summed E-state index contributed by atoms with van der Waals surface area (Å²) in [5.74, 6) is 0. The van der Waals surface area contributed by atoms with E-state index in [1.807, 2.05) is 6.07 Å². The largest absolute Gasteiger partial charge is 0.381 e. The Morgan fingerprint density at radius 2 is 1.68 bits per heavy atom. The van der Waals surface area contributed by atoms with Gasteiger partial charge >= 0.3 is 0 Å². The average Bonchev–Trinajstić information content (AvgIpc) is 3.24. The van der Waals surface area contributed by atoms with E-state index in [4.69, 9.17) is 0 Å². The highest BCUT2D eigenvalue weighted by molar-refractivity contribution is 5.85. The fourth-order valence-electron chi connectivity index (χ4n) is 5.15. The number of halogens is 1. The molecule has 0 saturated heterocycles. The first kappa shape index (κ1) is 21.8. The van der Waals surface area contributed by atoms with Gasteiger partial charge in [-0.2, -0.15) is 0 Å². The molecule has 2 N–H and O–H groups in total. The van der Waals surface area contributed by atoms with Crippen molar-refractivity contribution in [3.63, 3.8) is 0 Å². The molecule has 0 unspecified atom stereocenters. The quantitative estimate of drug-likeness (QED) is 0.528. The molecule has 164 valence electrons. The zero-order valence-corrected chi connectivity index (χ0v) is 19.1. The number of hydrogen-bond donors (Lipinski definition) is 2. The maximum Gasteiger partial charge on any atom is 0.253 e. The summed E-state index contributed by atoms with van der Waals surface area (Å²) in [5.41, 5.74) is 6.88. The molecule has 1 fully saturated rings.